The fraction of sp³-hybridized carbons (Fsp3) is 0.381. The van der Waals surface area contributed by atoms with Gasteiger partial charge in [-0.2, -0.15) is 0 Å². The zero-order valence-electron chi connectivity index (χ0n) is 15.1. The summed E-state index contributed by atoms with van der Waals surface area (Å²) in [5.41, 5.74) is 5.02. The Morgan fingerprint density at radius 3 is 2.77 bits per heavy atom. The standard InChI is InChI=1S/C21H25N3O2/c1-23-13-18-11-20(25)7-6-16(18)10-19(23)12-22-21(26)24-9-8-15-4-2-3-5-17(15)14-24/h2-7,11,19,25H,8-10,12-14H2,1H3,(H,22,26)/t19-/m0/s1. The van der Waals surface area contributed by atoms with E-state index in [4.69, 9.17) is 0 Å². The molecule has 0 aromatic heterocycles. The number of urea groups is 1. The third-order valence-electron chi connectivity index (χ3n) is 5.60. The van der Waals surface area contributed by atoms with Gasteiger partial charge in [-0.25, -0.2) is 4.79 Å². The number of nitrogens with zero attached hydrogens (tertiary/aromatic N) is 2. The van der Waals surface area contributed by atoms with Gasteiger partial charge in [-0.3, -0.25) is 4.90 Å². The van der Waals surface area contributed by atoms with Crippen LogP contribution in [-0.2, 0) is 25.9 Å². The predicted octanol–water partition coefficient (Wildman–Crippen LogP) is 2.52. The number of hydrogen-bond donors (Lipinski definition) is 2. The number of amides is 2. The summed E-state index contributed by atoms with van der Waals surface area (Å²) in [7, 11) is 2.07. The summed E-state index contributed by atoms with van der Waals surface area (Å²) in [6.45, 7) is 2.88. The molecule has 2 N–H and O–H groups in total. The van der Waals surface area contributed by atoms with E-state index < -0.39 is 0 Å². The lowest BCUT2D eigenvalue weighted by Crippen LogP contribution is -2.49. The van der Waals surface area contributed by atoms with Crippen LogP contribution in [0.25, 0.3) is 0 Å². The van der Waals surface area contributed by atoms with Crippen LogP contribution in [0, 0.1) is 0 Å². The Morgan fingerprint density at radius 1 is 1.12 bits per heavy atom. The molecule has 2 amide bonds. The van der Waals surface area contributed by atoms with E-state index in [1.165, 1.54) is 22.3 Å². The number of phenols is 1. The largest absolute Gasteiger partial charge is 0.508 e. The Kier molecular flexibility index (Phi) is 4.55. The quantitative estimate of drug-likeness (QED) is 0.874. The van der Waals surface area contributed by atoms with E-state index in [1.54, 1.807) is 6.07 Å². The molecule has 1 atom stereocenters. The Labute approximate surface area is 154 Å². The maximum Gasteiger partial charge on any atom is 0.317 e. The van der Waals surface area contributed by atoms with Gasteiger partial charge in [-0.1, -0.05) is 30.3 Å². The maximum absolute atomic E-state index is 12.6. The van der Waals surface area contributed by atoms with Crippen molar-refractivity contribution in [2.45, 2.75) is 32.0 Å². The lowest BCUT2D eigenvalue weighted by atomic mass is 9.94. The van der Waals surface area contributed by atoms with Crippen LogP contribution in [0.15, 0.2) is 42.5 Å². The Bertz CT molecular complexity index is 821. The van der Waals surface area contributed by atoms with Crippen LogP contribution in [0.1, 0.15) is 22.3 Å². The first-order valence-corrected chi connectivity index (χ1v) is 9.21. The van der Waals surface area contributed by atoms with Crippen LogP contribution in [0.4, 0.5) is 4.79 Å². The van der Waals surface area contributed by atoms with Gasteiger partial charge in [0, 0.05) is 32.2 Å². The second-order valence-electron chi connectivity index (χ2n) is 7.35. The number of nitrogens with one attached hydrogen (secondary N) is 1. The van der Waals surface area contributed by atoms with Crippen molar-refractivity contribution < 1.29 is 9.90 Å². The Hall–Kier alpha value is -2.53. The van der Waals surface area contributed by atoms with Gasteiger partial charge in [0.25, 0.3) is 0 Å². The van der Waals surface area contributed by atoms with Crippen molar-refractivity contribution >= 4 is 6.03 Å². The second-order valence-corrected chi connectivity index (χ2v) is 7.35. The fourth-order valence-electron chi connectivity index (χ4n) is 3.98. The molecule has 2 aromatic carbocycles. The summed E-state index contributed by atoms with van der Waals surface area (Å²) in [5, 5.41) is 12.8. The summed E-state index contributed by atoms with van der Waals surface area (Å²) >= 11 is 0. The SMILES string of the molecule is CN1Cc2cc(O)ccc2C[C@H]1CNC(=O)N1CCc2ccccc2C1. The first-order chi connectivity index (χ1) is 12.6. The molecule has 0 aliphatic carbocycles. The van der Waals surface area contributed by atoms with Crippen LogP contribution in [0.2, 0.25) is 0 Å². The van der Waals surface area contributed by atoms with Crippen LogP contribution in [-0.4, -0.2) is 47.1 Å². The molecule has 2 aliphatic heterocycles. The maximum atomic E-state index is 12.6. The van der Waals surface area contributed by atoms with Gasteiger partial charge in [0.2, 0.25) is 0 Å². The van der Waals surface area contributed by atoms with Crippen LogP contribution in [0.3, 0.4) is 0 Å². The van der Waals surface area contributed by atoms with Crippen LogP contribution in [0.5, 0.6) is 5.75 Å². The average Bonchev–Trinajstić information content (AvgIpc) is 2.65. The molecule has 0 radical (unpaired) electrons. The third-order valence-corrected chi connectivity index (χ3v) is 5.60. The molecule has 2 aromatic rings. The minimum Gasteiger partial charge on any atom is -0.508 e. The summed E-state index contributed by atoms with van der Waals surface area (Å²) in [4.78, 5) is 16.8. The zero-order valence-corrected chi connectivity index (χ0v) is 15.1. The van der Waals surface area contributed by atoms with Crippen molar-refractivity contribution in [3.63, 3.8) is 0 Å². The van der Waals surface area contributed by atoms with Crippen molar-refractivity contribution in [1.82, 2.24) is 15.1 Å². The van der Waals surface area contributed by atoms with Gasteiger partial charge in [-0.15, -0.1) is 0 Å². The smallest absolute Gasteiger partial charge is 0.317 e. The summed E-state index contributed by atoms with van der Waals surface area (Å²) in [5.74, 6) is 0.314. The van der Waals surface area contributed by atoms with E-state index in [1.807, 2.05) is 23.1 Å². The molecular weight excluding hydrogens is 326 g/mol. The minimum atomic E-state index is 0.0180. The van der Waals surface area contributed by atoms with Crippen LogP contribution < -0.4 is 5.32 Å². The van der Waals surface area contributed by atoms with E-state index in [9.17, 15) is 9.90 Å². The topological polar surface area (TPSA) is 55.8 Å². The number of phenolic OH excluding ortho intramolecular Hbond substituents is 1. The minimum absolute atomic E-state index is 0.0180. The normalized spacial score (nSPS) is 19.6. The number of carbonyl (C=O) groups is 1. The highest BCUT2D eigenvalue weighted by molar-refractivity contribution is 5.74. The molecule has 5 heteroatoms. The summed E-state index contributed by atoms with van der Waals surface area (Å²) in [6, 6.07) is 14.2. The van der Waals surface area contributed by atoms with E-state index in [0.29, 0.717) is 18.8 Å². The van der Waals surface area contributed by atoms with Crippen molar-refractivity contribution in [1.29, 1.82) is 0 Å². The molecular formula is C21H25N3O2. The molecule has 0 saturated heterocycles. The molecule has 5 nitrogen and oxygen atoms in total. The lowest BCUT2D eigenvalue weighted by Gasteiger charge is -2.35. The molecule has 0 unspecified atom stereocenters. The fourth-order valence-corrected chi connectivity index (χ4v) is 3.98. The van der Waals surface area contributed by atoms with E-state index in [0.717, 1.165) is 25.9 Å². The van der Waals surface area contributed by atoms with Gasteiger partial charge >= 0.3 is 6.03 Å². The van der Waals surface area contributed by atoms with Gasteiger partial charge in [-0.05, 0) is 54.3 Å². The number of benzene rings is 2. The van der Waals surface area contributed by atoms with Crippen molar-refractivity contribution in [2.24, 2.45) is 0 Å². The van der Waals surface area contributed by atoms with Gasteiger partial charge in [0.15, 0.2) is 0 Å². The molecule has 136 valence electrons. The first kappa shape index (κ1) is 16.9. The summed E-state index contributed by atoms with van der Waals surface area (Å²) < 4.78 is 0. The number of aromatic hydroxyl groups is 1. The lowest BCUT2D eigenvalue weighted by molar-refractivity contribution is 0.177. The van der Waals surface area contributed by atoms with E-state index >= 15 is 0 Å². The molecule has 0 spiro atoms. The number of likely N-dealkylation sites (N-methyl/N-ethyl adjacent to an activating group) is 1. The first-order valence-electron chi connectivity index (χ1n) is 9.21. The zero-order chi connectivity index (χ0) is 18.1. The number of hydrogen-bond acceptors (Lipinski definition) is 3. The molecule has 0 bridgehead atoms. The highest BCUT2D eigenvalue weighted by Crippen LogP contribution is 2.25. The third kappa shape index (κ3) is 3.40. The Balaban J connectivity index is 1.35. The van der Waals surface area contributed by atoms with Gasteiger partial charge < -0.3 is 15.3 Å². The van der Waals surface area contributed by atoms with Gasteiger partial charge in [0.05, 0.1) is 0 Å². The molecule has 0 saturated carbocycles. The molecule has 0 fully saturated rings. The Morgan fingerprint density at radius 2 is 1.92 bits per heavy atom. The van der Waals surface area contributed by atoms with Crippen molar-refractivity contribution in [2.75, 3.05) is 20.1 Å². The highest BCUT2D eigenvalue weighted by Gasteiger charge is 2.25. The number of rotatable bonds is 2. The molecule has 26 heavy (non-hydrogen) atoms. The van der Waals surface area contributed by atoms with Crippen molar-refractivity contribution in [3.05, 3.63) is 64.7 Å². The summed E-state index contributed by atoms with van der Waals surface area (Å²) in [6.07, 6.45) is 1.80. The van der Waals surface area contributed by atoms with Gasteiger partial charge in [0.1, 0.15) is 5.75 Å². The average molecular weight is 351 g/mol. The molecule has 2 aliphatic rings. The van der Waals surface area contributed by atoms with E-state index in [-0.39, 0.29) is 12.1 Å². The number of fused-ring (bicyclic) bond motifs is 2. The monoisotopic (exact) mass is 351 g/mol. The second kappa shape index (κ2) is 7.00. The van der Waals surface area contributed by atoms with E-state index in [2.05, 4.69) is 35.5 Å². The van der Waals surface area contributed by atoms with Crippen LogP contribution >= 0.6 is 0 Å². The predicted molar refractivity (Wildman–Crippen MR) is 101 cm³/mol. The van der Waals surface area contributed by atoms with Crippen molar-refractivity contribution in [3.8, 4) is 5.75 Å². The highest BCUT2D eigenvalue weighted by atomic mass is 16.3. The number of carbonyl (C=O) groups excluding carboxylic acids is 1. The molecule has 2 heterocycles. The molecule has 4 rings (SSSR count).